The minimum Gasteiger partial charge on any atom is -0.377 e. The molecule has 1 aliphatic heterocycles. The van der Waals surface area contributed by atoms with Crippen molar-refractivity contribution >= 4 is 17.3 Å². The Balaban J connectivity index is 1.32. The van der Waals surface area contributed by atoms with E-state index >= 15 is 0 Å². The SMILES string of the molecule is O=C(c1ccc(NC2CC2)c([N+](=O)[O-])c1)N1CCCC(c2nc(-c3cccc(F)c3)no2)C1. The molecule has 9 nitrogen and oxygen atoms in total. The highest BCUT2D eigenvalue weighted by atomic mass is 19.1. The van der Waals surface area contributed by atoms with Gasteiger partial charge in [-0.1, -0.05) is 17.3 Å². The smallest absolute Gasteiger partial charge is 0.293 e. The summed E-state index contributed by atoms with van der Waals surface area (Å²) in [5.41, 5.74) is 1.12. The van der Waals surface area contributed by atoms with Crippen molar-refractivity contribution in [2.24, 2.45) is 0 Å². The number of anilines is 1. The average molecular weight is 451 g/mol. The number of nitro benzene ring substituents is 1. The number of carbonyl (C=O) groups is 1. The predicted octanol–water partition coefficient (Wildman–Crippen LogP) is 4.38. The molecule has 33 heavy (non-hydrogen) atoms. The fraction of sp³-hybridized carbons (Fsp3) is 0.348. The van der Waals surface area contributed by atoms with Gasteiger partial charge in [-0.2, -0.15) is 4.98 Å². The third kappa shape index (κ3) is 4.55. The number of carbonyl (C=O) groups excluding carboxylic acids is 1. The van der Waals surface area contributed by atoms with Crippen molar-refractivity contribution in [1.29, 1.82) is 0 Å². The molecular formula is C23H22FN5O4. The van der Waals surface area contributed by atoms with Crippen molar-refractivity contribution in [3.05, 3.63) is 69.9 Å². The number of nitro groups is 1. The summed E-state index contributed by atoms with van der Waals surface area (Å²) in [4.78, 5) is 30.3. The summed E-state index contributed by atoms with van der Waals surface area (Å²) in [6.07, 6.45) is 3.48. The van der Waals surface area contributed by atoms with Gasteiger partial charge in [0.2, 0.25) is 11.7 Å². The van der Waals surface area contributed by atoms with Crippen LogP contribution in [0.25, 0.3) is 11.4 Å². The van der Waals surface area contributed by atoms with E-state index in [0.717, 1.165) is 25.7 Å². The lowest BCUT2D eigenvalue weighted by atomic mass is 9.97. The van der Waals surface area contributed by atoms with Gasteiger partial charge in [0, 0.05) is 36.3 Å². The Bertz CT molecular complexity index is 1210. The topological polar surface area (TPSA) is 114 Å². The van der Waals surface area contributed by atoms with Crippen molar-refractivity contribution in [2.45, 2.75) is 37.6 Å². The number of halogens is 1. The van der Waals surface area contributed by atoms with Crippen LogP contribution >= 0.6 is 0 Å². The molecule has 10 heteroatoms. The molecule has 1 unspecified atom stereocenters. The van der Waals surface area contributed by atoms with Crippen LogP contribution < -0.4 is 5.32 Å². The van der Waals surface area contributed by atoms with Gasteiger partial charge in [-0.25, -0.2) is 4.39 Å². The molecule has 0 bridgehead atoms. The Hall–Kier alpha value is -3.82. The van der Waals surface area contributed by atoms with Gasteiger partial charge in [0.05, 0.1) is 10.8 Å². The van der Waals surface area contributed by atoms with E-state index in [0.29, 0.717) is 36.1 Å². The van der Waals surface area contributed by atoms with Crippen molar-refractivity contribution in [2.75, 3.05) is 18.4 Å². The van der Waals surface area contributed by atoms with Crippen molar-refractivity contribution < 1.29 is 18.6 Å². The summed E-state index contributed by atoms with van der Waals surface area (Å²) in [6, 6.07) is 10.8. The third-order valence-corrected chi connectivity index (χ3v) is 5.96. The normalized spacial score (nSPS) is 18.2. The van der Waals surface area contributed by atoms with E-state index in [1.165, 1.54) is 18.2 Å². The average Bonchev–Trinajstić information content (AvgIpc) is 3.50. The lowest BCUT2D eigenvalue weighted by molar-refractivity contribution is -0.384. The molecule has 2 aromatic carbocycles. The van der Waals surface area contributed by atoms with E-state index in [4.69, 9.17) is 4.52 Å². The zero-order valence-corrected chi connectivity index (χ0v) is 17.7. The lowest BCUT2D eigenvalue weighted by Crippen LogP contribution is -2.39. The summed E-state index contributed by atoms with van der Waals surface area (Å²) >= 11 is 0. The number of hydrogen-bond donors (Lipinski definition) is 1. The molecule has 1 saturated carbocycles. The molecule has 2 fully saturated rings. The number of nitrogens with zero attached hydrogens (tertiary/aromatic N) is 4. The van der Waals surface area contributed by atoms with Gasteiger partial charge in [0.1, 0.15) is 11.5 Å². The van der Waals surface area contributed by atoms with E-state index < -0.39 is 4.92 Å². The first-order valence-corrected chi connectivity index (χ1v) is 10.9. The number of piperidine rings is 1. The van der Waals surface area contributed by atoms with Crippen LogP contribution in [0.1, 0.15) is 47.8 Å². The molecule has 1 N–H and O–H groups in total. The second-order valence-corrected chi connectivity index (χ2v) is 8.46. The van der Waals surface area contributed by atoms with Gasteiger partial charge in [-0.15, -0.1) is 0 Å². The number of nitrogens with one attached hydrogen (secondary N) is 1. The van der Waals surface area contributed by atoms with Crippen molar-refractivity contribution in [3.8, 4) is 11.4 Å². The number of amides is 1. The summed E-state index contributed by atoms with van der Waals surface area (Å²) in [6.45, 7) is 0.898. The highest BCUT2D eigenvalue weighted by molar-refractivity contribution is 5.96. The standard InChI is InChI=1S/C23H22FN5O4/c24-17-5-1-3-14(11-17)21-26-22(33-27-21)16-4-2-10-28(13-16)23(30)15-6-9-19(25-18-7-8-18)20(12-15)29(31)32/h1,3,5-6,9,11-12,16,18,25H,2,4,7-8,10,13H2. The summed E-state index contributed by atoms with van der Waals surface area (Å²) in [5.74, 6) is -0.140. The third-order valence-electron chi connectivity index (χ3n) is 5.96. The predicted molar refractivity (Wildman–Crippen MR) is 117 cm³/mol. The first kappa shape index (κ1) is 21.0. The minimum atomic E-state index is -0.465. The van der Waals surface area contributed by atoms with E-state index in [1.54, 1.807) is 29.2 Å². The van der Waals surface area contributed by atoms with Crippen LogP contribution in [0.15, 0.2) is 47.0 Å². The molecule has 1 amide bonds. The molecular weight excluding hydrogens is 429 g/mol. The molecule has 2 aliphatic rings. The lowest BCUT2D eigenvalue weighted by Gasteiger charge is -2.31. The molecule has 170 valence electrons. The van der Waals surface area contributed by atoms with Crippen LogP contribution in [-0.4, -0.2) is 45.0 Å². The molecule has 3 aromatic rings. The molecule has 0 radical (unpaired) electrons. The Morgan fingerprint density at radius 2 is 2.06 bits per heavy atom. The maximum absolute atomic E-state index is 13.5. The van der Waals surface area contributed by atoms with E-state index in [1.807, 2.05) is 0 Å². The summed E-state index contributed by atoms with van der Waals surface area (Å²) in [5, 5.41) is 18.6. The Morgan fingerprint density at radius 1 is 1.21 bits per heavy atom. The Kier molecular flexibility index (Phi) is 5.49. The minimum absolute atomic E-state index is 0.0991. The zero-order chi connectivity index (χ0) is 22.9. The van der Waals surface area contributed by atoms with Gasteiger partial charge in [0.25, 0.3) is 11.6 Å². The van der Waals surface area contributed by atoms with Crippen LogP contribution in [0.3, 0.4) is 0 Å². The second kappa shape index (κ2) is 8.61. The molecule has 1 saturated heterocycles. The van der Waals surface area contributed by atoms with Crippen molar-refractivity contribution in [1.82, 2.24) is 15.0 Å². The fourth-order valence-electron chi connectivity index (χ4n) is 4.08. The van der Waals surface area contributed by atoms with Crippen molar-refractivity contribution in [3.63, 3.8) is 0 Å². The van der Waals surface area contributed by atoms with Crippen LogP contribution in [-0.2, 0) is 0 Å². The molecule has 0 spiro atoms. The van der Waals surface area contributed by atoms with Crippen LogP contribution in [0.5, 0.6) is 0 Å². The Labute approximate surface area is 188 Å². The maximum Gasteiger partial charge on any atom is 0.293 e. The fourth-order valence-corrected chi connectivity index (χ4v) is 4.08. The number of aromatic nitrogens is 2. The van der Waals surface area contributed by atoms with Crippen LogP contribution in [0.2, 0.25) is 0 Å². The molecule has 1 aromatic heterocycles. The van der Waals surface area contributed by atoms with Gasteiger partial charge in [-0.3, -0.25) is 14.9 Å². The van der Waals surface area contributed by atoms with Gasteiger partial charge >= 0.3 is 0 Å². The number of likely N-dealkylation sites (tertiary alicyclic amines) is 1. The quantitative estimate of drug-likeness (QED) is 0.437. The van der Waals surface area contributed by atoms with E-state index in [-0.39, 0.29) is 34.9 Å². The highest BCUT2D eigenvalue weighted by Gasteiger charge is 2.31. The Morgan fingerprint density at radius 3 is 2.82 bits per heavy atom. The van der Waals surface area contributed by atoms with Gasteiger partial charge in [0.15, 0.2) is 0 Å². The monoisotopic (exact) mass is 451 g/mol. The van der Waals surface area contributed by atoms with E-state index in [2.05, 4.69) is 15.5 Å². The number of rotatable bonds is 6. The maximum atomic E-state index is 13.5. The largest absolute Gasteiger partial charge is 0.377 e. The molecule has 2 heterocycles. The second-order valence-electron chi connectivity index (χ2n) is 8.46. The van der Waals surface area contributed by atoms with E-state index in [9.17, 15) is 19.3 Å². The zero-order valence-electron chi connectivity index (χ0n) is 17.7. The molecule has 1 aliphatic carbocycles. The van der Waals surface area contributed by atoms with Gasteiger partial charge < -0.3 is 14.7 Å². The number of benzene rings is 2. The molecule has 5 rings (SSSR count). The molecule has 1 atom stereocenters. The van der Waals surface area contributed by atoms with Crippen LogP contribution in [0.4, 0.5) is 15.8 Å². The first-order valence-electron chi connectivity index (χ1n) is 10.9. The summed E-state index contributed by atoms with van der Waals surface area (Å²) < 4.78 is 18.9. The summed E-state index contributed by atoms with van der Waals surface area (Å²) in [7, 11) is 0. The first-order chi connectivity index (χ1) is 16.0. The van der Waals surface area contributed by atoms with Crippen LogP contribution in [0, 0.1) is 15.9 Å². The highest BCUT2D eigenvalue weighted by Crippen LogP contribution is 2.33. The number of hydrogen-bond acceptors (Lipinski definition) is 7. The van der Waals surface area contributed by atoms with Gasteiger partial charge in [-0.05, 0) is 49.9 Å².